The molecule has 2 saturated heterocycles. The molecule has 2 aliphatic rings. The van der Waals surface area contributed by atoms with Crippen LogP contribution in [0, 0.1) is 5.92 Å². The van der Waals surface area contributed by atoms with Gasteiger partial charge in [0.2, 0.25) is 0 Å². The number of benzene rings is 1. The highest BCUT2D eigenvalue weighted by molar-refractivity contribution is 14.0. The molecule has 2 aliphatic heterocycles. The lowest BCUT2D eigenvalue weighted by atomic mass is 9.83. The molecule has 2 heterocycles. The molecule has 146 valence electrons. The topological polar surface area (TPSA) is 30.9 Å². The van der Waals surface area contributed by atoms with Crippen molar-refractivity contribution in [3.05, 3.63) is 35.9 Å². The number of fused-ring (bicyclic) bond motifs is 1. The third-order valence-corrected chi connectivity index (χ3v) is 5.53. The maximum Gasteiger partial charge on any atom is 0.193 e. The summed E-state index contributed by atoms with van der Waals surface area (Å²) in [5, 5.41) is 3.50. The molecule has 0 bridgehead atoms. The lowest BCUT2D eigenvalue weighted by Gasteiger charge is -2.48. The van der Waals surface area contributed by atoms with Crippen LogP contribution in [0.4, 0.5) is 0 Å². The van der Waals surface area contributed by atoms with Crippen molar-refractivity contribution in [3.63, 3.8) is 0 Å². The molecule has 0 aromatic heterocycles. The van der Waals surface area contributed by atoms with Crippen LogP contribution >= 0.6 is 24.0 Å². The number of aliphatic imine (C=N–C) groups is 1. The Morgan fingerprint density at radius 1 is 1.15 bits per heavy atom. The number of halogens is 1. The van der Waals surface area contributed by atoms with Gasteiger partial charge in [0.25, 0.3) is 0 Å². The average Bonchev–Trinajstić information content (AvgIpc) is 2.66. The normalized spacial score (nSPS) is 23.9. The highest BCUT2D eigenvalue weighted by Gasteiger charge is 2.36. The first-order chi connectivity index (χ1) is 12.3. The van der Waals surface area contributed by atoms with Crippen molar-refractivity contribution >= 4 is 29.9 Å². The molecule has 0 aliphatic carbocycles. The highest BCUT2D eigenvalue weighted by atomic mass is 127. The third-order valence-electron chi connectivity index (χ3n) is 5.53. The van der Waals surface area contributed by atoms with Gasteiger partial charge in [-0.15, -0.1) is 24.0 Å². The van der Waals surface area contributed by atoms with Gasteiger partial charge in [-0.05, 0) is 50.6 Å². The van der Waals surface area contributed by atoms with E-state index in [2.05, 4.69) is 59.3 Å². The standard InChI is InChI=1S/C21H34N4.HI/c1-3-13-23-21(22-4-2)25-15-12-20-19(17-25)11-8-14-24(20)16-18-9-6-5-7-10-18;/h5-7,9-10,19-20H,3-4,8,11-17H2,1-2H3,(H,22,23);1H. The van der Waals surface area contributed by atoms with Crippen LogP contribution in [0.2, 0.25) is 0 Å². The van der Waals surface area contributed by atoms with Crippen LogP contribution in [0.25, 0.3) is 0 Å². The molecule has 1 N–H and O–H groups in total. The fourth-order valence-electron chi connectivity index (χ4n) is 4.36. The van der Waals surface area contributed by atoms with Crippen molar-refractivity contribution in [2.45, 2.75) is 52.1 Å². The van der Waals surface area contributed by atoms with Crippen LogP contribution in [0.5, 0.6) is 0 Å². The van der Waals surface area contributed by atoms with E-state index in [0.717, 1.165) is 57.1 Å². The zero-order valence-corrected chi connectivity index (χ0v) is 18.7. The Balaban J connectivity index is 0.00000243. The summed E-state index contributed by atoms with van der Waals surface area (Å²) in [6.07, 6.45) is 5.05. The fraction of sp³-hybridized carbons (Fsp3) is 0.667. The number of guanidine groups is 1. The number of likely N-dealkylation sites (tertiary alicyclic amines) is 2. The number of hydrogen-bond acceptors (Lipinski definition) is 2. The number of nitrogens with one attached hydrogen (secondary N) is 1. The third kappa shape index (κ3) is 5.59. The first kappa shape index (κ1) is 21.5. The molecule has 3 rings (SSSR count). The van der Waals surface area contributed by atoms with Gasteiger partial charge in [0.1, 0.15) is 0 Å². The predicted octanol–water partition coefficient (Wildman–Crippen LogP) is 3.97. The Hall–Kier alpha value is -0.820. The minimum Gasteiger partial charge on any atom is -0.357 e. The van der Waals surface area contributed by atoms with E-state index in [-0.39, 0.29) is 24.0 Å². The van der Waals surface area contributed by atoms with Gasteiger partial charge in [0.15, 0.2) is 5.96 Å². The first-order valence-electron chi connectivity index (χ1n) is 10.1. The Morgan fingerprint density at radius 3 is 2.69 bits per heavy atom. The van der Waals surface area contributed by atoms with E-state index in [4.69, 9.17) is 4.99 Å². The fourth-order valence-corrected chi connectivity index (χ4v) is 4.36. The monoisotopic (exact) mass is 470 g/mol. The molecule has 2 unspecified atom stereocenters. The largest absolute Gasteiger partial charge is 0.357 e. The first-order valence-corrected chi connectivity index (χ1v) is 10.1. The summed E-state index contributed by atoms with van der Waals surface area (Å²) in [5.74, 6) is 1.90. The molecule has 5 heteroatoms. The predicted molar refractivity (Wildman–Crippen MR) is 121 cm³/mol. The van der Waals surface area contributed by atoms with Gasteiger partial charge in [-0.25, -0.2) is 0 Å². The number of hydrogen-bond donors (Lipinski definition) is 1. The van der Waals surface area contributed by atoms with Crippen LogP contribution in [-0.4, -0.2) is 54.5 Å². The summed E-state index contributed by atoms with van der Waals surface area (Å²) < 4.78 is 0. The van der Waals surface area contributed by atoms with Crippen molar-refractivity contribution in [2.24, 2.45) is 10.9 Å². The van der Waals surface area contributed by atoms with Crippen LogP contribution in [0.15, 0.2) is 35.3 Å². The van der Waals surface area contributed by atoms with Gasteiger partial charge in [0.05, 0.1) is 0 Å². The minimum atomic E-state index is 0. The number of rotatable bonds is 5. The molecule has 0 radical (unpaired) electrons. The quantitative estimate of drug-likeness (QED) is 0.402. The minimum absolute atomic E-state index is 0. The Bertz CT molecular complexity index is 548. The second kappa shape index (κ2) is 11.1. The summed E-state index contributed by atoms with van der Waals surface area (Å²) >= 11 is 0. The summed E-state index contributed by atoms with van der Waals surface area (Å²) in [6.45, 7) is 10.9. The lowest BCUT2D eigenvalue weighted by molar-refractivity contribution is 0.0372. The molecule has 26 heavy (non-hydrogen) atoms. The summed E-state index contributed by atoms with van der Waals surface area (Å²) in [7, 11) is 0. The van der Waals surface area contributed by atoms with Gasteiger partial charge in [-0.1, -0.05) is 37.3 Å². The van der Waals surface area contributed by atoms with Gasteiger partial charge < -0.3 is 10.2 Å². The second-order valence-corrected chi connectivity index (χ2v) is 7.40. The van der Waals surface area contributed by atoms with E-state index in [1.807, 2.05) is 0 Å². The summed E-state index contributed by atoms with van der Waals surface area (Å²) in [5.41, 5.74) is 1.45. The zero-order valence-electron chi connectivity index (χ0n) is 16.4. The van der Waals surface area contributed by atoms with Crippen molar-refractivity contribution in [3.8, 4) is 0 Å². The maximum atomic E-state index is 4.80. The molecule has 0 saturated carbocycles. The van der Waals surface area contributed by atoms with E-state index in [9.17, 15) is 0 Å². The molecular weight excluding hydrogens is 435 g/mol. The average molecular weight is 470 g/mol. The molecule has 0 spiro atoms. The number of piperidine rings is 2. The van der Waals surface area contributed by atoms with Crippen LogP contribution < -0.4 is 5.32 Å². The second-order valence-electron chi connectivity index (χ2n) is 7.40. The molecule has 2 fully saturated rings. The van der Waals surface area contributed by atoms with Crippen molar-refractivity contribution in [1.82, 2.24) is 15.1 Å². The van der Waals surface area contributed by atoms with Gasteiger partial charge in [-0.3, -0.25) is 9.89 Å². The van der Waals surface area contributed by atoms with Gasteiger partial charge in [0, 0.05) is 38.8 Å². The zero-order chi connectivity index (χ0) is 17.5. The molecule has 0 amide bonds. The van der Waals surface area contributed by atoms with Crippen LogP contribution in [0.3, 0.4) is 0 Å². The Morgan fingerprint density at radius 2 is 1.96 bits per heavy atom. The van der Waals surface area contributed by atoms with E-state index >= 15 is 0 Å². The highest BCUT2D eigenvalue weighted by Crippen LogP contribution is 2.31. The molecule has 1 aromatic carbocycles. The summed E-state index contributed by atoms with van der Waals surface area (Å²) in [4.78, 5) is 10.0. The van der Waals surface area contributed by atoms with E-state index < -0.39 is 0 Å². The van der Waals surface area contributed by atoms with Crippen molar-refractivity contribution in [2.75, 3.05) is 32.7 Å². The van der Waals surface area contributed by atoms with Crippen molar-refractivity contribution < 1.29 is 0 Å². The Labute approximate surface area is 176 Å². The smallest absolute Gasteiger partial charge is 0.193 e. The molecule has 2 atom stereocenters. The van der Waals surface area contributed by atoms with Crippen LogP contribution in [-0.2, 0) is 6.54 Å². The van der Waals surface area contributed by atoms with Gasteiger partial charge in [-0.2, -0.15) is 0 Å². The van der Waals surface area contributed by atoms with Gasteiger partial charge >= 0.3 is 0 Å². The SMILES string of the molecule is CCCN=C(NCC)N1CCC2C(CCCN2Cc2ccccc2)C1.I. The summed E-state index contributed by atoms with van der Waals surface area (Å²) in [6, 6.07) is 11.7. The van der Waals surface area contributed by atoms with E-state index in [0.29, 0.717) is 0 Å². The number of nitrogens with zero attached hydrogens (tertiary/aromatic N) is 3. The Kier molecular flexibility index (Phi) is 9.19. The lowest BCUT2D eigenvalue weighted by Crippen LogP contribution is -2.56. The van der Waals surface area contributed by atoms with E-state index in [1.165, 1.54) is 31.4 Å². The molecule has 1 aromatic rings. The molecule has 4 nitrogen and oxygen atoms in total. The molecular formula is C21H35IN4. The van der Waals surface area contributed by atoms with E-state index in [1.54, 1.807) is 0 Å². The maximum absolute atomic E-state index is 4.80. The van der Waals surface area contributed by atoms with Crippen molar-refractivity contribution in [1.29, 1.82) is 0 Å². The van der Waals surface area contributed by atoms with Crippen LogP contribution in [0.1, 0.15) is 45.1 Å².